The molecule has 0 radical (unpaired) electrons. The normalized spacial score (nSPS) is 12.0. The van der Waals surface area contributed by atoms with Gasteiger partial charge in [-0.05, 0) is 0 Å². The Morgan fingerprint density at radius 1 is 1.38 bits per heavy atom. The Kier molecular flexibility index (Phi) is 2.64. The van der Waals surface area contributed by atoms with Crippen molar-refractivity contribution >= 4 is 11.3 Å². The third kappa shape index (κ3) is 2.04. The molecular formula is C7H6F3N5S. The van der Waals surface area contributed by atoms with Crippen LogP contribution in [0.15, 0.2) is 12.4 Å². The van der Waals surface area contributed by atoms with Crippen molar-refractivity contribution in [1.82, 2.24) is 20.0 Å². The van der Waals surface area contributed by atoms with E-state index in [1.807, 2.05) is 0 Å². The van der Waals surface area contributed by atoms with Crippen molar-refractivity contribution in [2.45, 2.75) is 12.7 Å². The molecule has 0 atom stereocenters. The Labute approximate surface area is 91.7 Å². The molecule has 0 fully saturated rings. The van der Waals surface area contributed by atoms with Gasteiger partial charge in [-0.1, -0.05) is 11.3 Å². The summed E-state index contributed by atoms with van der Waals surface area (Å²) in [7, 11) is 0. The van der Waals surface area contributed by atoms with E-state index < -0.39 is 11.7 Å². The van der Waals surface area contributed by atoms with Crippen LogP contribution in [0.4, 0.5) is 13.2 Å². The molecule has 0 aliphatic heterocycles. The SMILES string of the molecule is NCc1nnc(-n2cc(C(F)(F)F)cn2)s1. The van der Waals surface area contributed by atoms with Gasteiger partial charge in [-0.15, -0.1) is 10.2 Å². The maximum absolute atomic E-state index is 12.3. The number of hydrogen-bond acceptors (Lipinski definition) is 5. The van der Waals surface area contributed by atoms with Crippen LogP contribution >= 0.6 is 11.3 Å². The standard InChI is InChI=1S/C7H6F3N5S/c8-7(9,10)4-2-12-15(3-4)6-14-13-5(1-11)16-6/h2-3H,1,11H2. The smallest absolute Gasteiger partial charge is 0.324 e. The molecule has 0 saturated carbocycles. The highest BCUT2D eigenvalue weighted by Crippen LogP contribution is 2.29. The summed E-state index contributed by atoms with van der Waals surface area (Å²) in [5.74, 6) is 0. The van der Waals surface area contributed by atoms with E-state index >= 15 is 0 Å². The summed E-state index contributed by atoms with van der Waals surface area (Å²) in [4.78, 5) is 0. The highest BCUT2D eigenvalue weighted by Gasteiger charge is 2.32. The Morgan fingerprint density at radius 2 is 2.12 bits per heavy atom. The summed E-state index contributed by atoms with van der Waals surface area (Å²) in [6.07, 6.45) is -2.80. The van der Waals surface area contributed by atoms with E-state index in [1.165, 1.54) is 0 Å². The lowest BCUT2D eigenvalue weighted by atomic mass is 10.4. The molecule has 0 aliphatic rings. The highest BCUT2D eigenvalue weighted by molar-refractivity contribution is 7.13. The van der Waals surface area contributed by atoms with Crippen LogP contribution in [-0.2, 0) is 12.7 Å². The Morgan fingerprint density at radius 3 is 2.62 bits per heavy atom. The van der Waals surface area contributed by atoms with Crippen LogP contribution in [0.5, 0.6) is 0 Å². The van der Waals surface area contributed by atoms with Crippen molar-refractivity contribution in [3.05, 3.63) is 23.0 Å². The van der Waals surface area contributed by atoms with E-state index in [0.29, 0.717) is 5.01 Å². The van der Waals surface area contributed by atoms with E-state index in [9.17, 15) is 13.2 Å². The number of rotatable bonds is 2. The molecule has 2 N–H and O–H groups in total. The van der Waals surface area contributed by atoms with Gasteiger partial charge < -0.3 is 5.73 Å². The van der Waals surface area contributed by atoms with Crippen molar-refractivity contribution in [3.63, 3.8) is 0 Å². The van der Waals surface area contributed by atoms with E-state index in [2.05, 4.69) is 15.3 Å². The predicted octanol–water partition coefficient (Wildman–Crippen LogP) is 1.20. The topological polar surface area (TPSA) is 69.6 Å². The minimum atomic E-state index is -4.40. The molecule has 2 aromatic heterocycles. The quantitative estimate of drug-likeness (QED) is 0.868. The molecule has 0 unspecified atom stereocenters. The Bertz CT molecular complexity index is 488. The minimum Gasteiger partial charge on any atom is -0.324 e. The van der Waals surface area contributed by atoms with Crippen LogP contribution < -0.4 is 5.73 Å². The average Bonchev–Trinajstić information content (AvgIpc) is 2.85. The molecule has 5 nitrogen and oxygen atoms in total. The van der Waals surface area contributed by atoms with E-state index in [4.69, 9.17) is 5.73 Å². The number of nitrogens with zero attached hydrogens (tertiary/aromatic N) is 4. The molecule has 0 aliphatic carbocycles. The monoisotopic (exact) mass is 249 g/mol. The van der Waals surface area contributed by atoms with Crippen LogP contribution in [0.1, 0.15) is 10.6 Å². The Hall–Kier alpha value is -1.48. The molecular weight excluding hydrogens is 243 g/mol. The fourth-order valence-electron chi connectivity index (χ4n) is 0.994. The number of alkyl halides is 3. The van der Waals surface area contributed by atoms with Crippen LogP contribution in [0, 0.1) is 0 Å². The molecule has 0 aromatic carbocycles. The van der Waals surface area contributed by atoms with Gasteiger partial charge in [0.05, 0.1) is 11.8 Å². The van der Waals surface area contributed by atoms with Gasteiger partial charge in [0.2, 0.25) is 5.13 Å². The van der Waals surface area contributed by atoms with Gasteiger partial charge >= 0.3 is 6.18 Å². The molecule has 2 aromatic rings. The maximum atomic E-state index is 12.3. The second-order valence-corrected chi connectivity index (χ2v) is 3.89. The summed E-state index contributed by atoms with van der Waals surface area (Å²) in [6.45, 7) is 0.199. The lowest BCUT2D eigenvalue weighted by Gasteiger charge is -1.99. The summed E-state index contributed by atoms with van der Waals surface area (Å²) in [6, 6.07) is 0. The third-order valence-corrected chi connectivity index (χ3v) is 2.67. The molecule has 0 amide bonds. The van der Waals surface area contributed by atoms with Gasteiger partial charge in [0.1, 0.15) is 5.01 Å². The van der Waals surface area contributed by atoms with Gasteiger partial charge in [-0.2, -0.15) is 18.3 Å². The van der Waals surface area contributed by atoms with Gasteiger partial charge in [-0.3, -0.25) is 0 Å². The second kappa shape index (κ2) is 3.83. The molecule has 2 heterocycles. The fourth-order valence-corrected chi connectivity index (χ4v) is 1.64. The lowest BCUT2D eigenvalue weighted by Crippen LogP contribution is -2.02. The zero-order chi connectivity index (χ0) is 11.8. The van der Waals surface area contributed by atoms with Crippen molar-refractivity contribution in [2.75, 3.05) is 0 Å². The molecule has 9 heteroatoms. The molecule has 16 heavy (non-hydrogen) atoms. The number of halogens is 3. The van der Waals surface area contributed by atoms with Crippen molar-refractivity contribution in [2.24, 2.45) is 5.73 Å². The molecule has 2 rings (SSSR count). The second-order valence-electron chi connectivity index (χ2n) is 2.85. The summed E-state index contributed by atoms with van der Waals surface area (Å²) >= 11 is 1.10. The largest absolute Gasteiger partial charge is 0.419 e. The zero-order valence-corrected chi connectivity index (χ0v) is 8.59. The highest BCUT2D eigenvalue weighted by atomic mass is 32.1. The molecule has 86 valence electrons. The predicted molar refractivity (Wildman–Crippen MR) is 49.9 cm³/mol. The first kappa shape index (κ1) is 11.0. The summed E-state index contributed by atoms with van der Waals surface area (Å²) in [5, 5.41) is 11.7. The van der Waals surface area contributed by atoms with Crippen LogP contribution in [0.25, 0.3) is 5.13 Å². The molecule has 0 saturated heterocycles. The van der Waals surface area contributed by atoms with Gasteiger partial charge in [-0.25, -0.2) is 4.68 Å². The van der Waals surface area contributed by atoms with Crippen molar-refractivity contribution < 1.29 is 13.2 Å². The average molecular weight is 249 g/mol. The zero-order valence-electron chi connectivity index (χ0n) is 7.77. The molecule has 0 bridgehead atoms. The minimum absolute atomic E-state index is 0.199. The van der Waals surface area contributed by atoms with E-state index in [1.54, 1.807) is 0 Å². The van der Waals surface area contributed by atoms with Crippen molar-refractivity contribution in [1.29, 1.82) is 0 Å². The maximum Gasteiger partial charge on any atom is 0.419 e. The number of nitrogens with two attached hydrogens (primary N) is 1. The first-order chi connectivity index (χ1) is 7.50. The third-order valence-electron chi connectivity index (χ3n) is 1.74. The molecule has 0 spiro atoms. The van der Waals surface area contributed by atoms with E-state index in [-0.39, 0.29) is 11.7 Å². The van der Waals surface area contributed by atoms with Gasteiger partial charge in [0, 0.05) is 12.7 Å². The van der Waals surface area contributed by atoms with Crippen molar-refractivity contribution in [3.8, 4) is 5.13 Å². The fraction of sp³-hybridized carbons (Fsp3) is 0.286. The number of hydrogen-bond donors (Lipinski definition) is 1. The lowest BCUT2D eigenvalue weighted by molar-refractivity contribution is -0.137. The van der Waals surface area contributed by atoms with E-state index in [0.717, 1.165) is 28.4 Å². The summed E-state index contributed by atoms with van der Waals surface area (Å²) < 4.78 is 37.9. The van der Waals surface area contributed by atoms with Crippen LogP contribution in [0.3, 0.4) is 0 Å². The van der Waals surface area contributed by atoms with Crippen LogP contribution in [-0.4, -0.2) is 20.0 Å². The first-order valence-corrected chi connectivity index (χ1v) is 4.97. The number of aromatic nitrogens is 4. The summed E-state index contributed by atoms with van der Waals surface area (Å²) in [5.41, 5.74) is 4.49. The van der Waals surface area contributed by atoms with Gasteiger partial charge in [0.15, 0.2) is 0 Å². The first-order valence-electron chi connectivity index (χ1n) is 4.15. The van der Waals surface area contributed by atoms with Gasteiger partial charge in [0.25, 0.3) is 0 Å². The Balaban J connectivity index is 2.31. The van der Waals surface area contributed by atoms with Crippen LogP contribution in [0.2, 0.25) is 0 Å².